The van der Waals surface area contributed by atoms with Crippen molar-refractivity contribution < 1.29 is 4.79 Å². The summed E-state index contributed by atoms with van der Waals surface area (Å²) in [6, 6.07) is 8.17. The summed E-state index contributed by atoms with van der Waals surface area (Å²) in [5.41, 5.74) is 7.32. The largest absolute Gasteiger partial charge is 0.399 e. The Labute approximate surface area is 108 Å². The zero-order valence-corrected chi connectivity index (χ0v) is 10.6. The zero-order chi connectivity index (χ0) is 12.6. The van der Waals surface area contributed by atoms with Crippen LogP contribution in [0.15, 0.2) is 24.3 Å². The van der Waals surface area contributed by atoms with E-state index in [2.05, 4.69) is 5.32 Å². The molecule has 0 bridgehead atoms. The Bertz CT molecular complexity index is 442. The lowest BCUT2D eigenvalue weighted by molar-refractivity contribution is -0.124. The molecule has 18 heavy (non-hydrogen) atoms. The van der Waals surface area contributed by atoms with Gasteiger partial charge in [0, 0.05) is 11.7 Å². The molecule has 2 aliphatic rings. The van der Waals surface area contributed by atoms with E-state index in [9.17, 15) is 4.79 Å². The van der Waals surface area contributed by atoms with Gasteiger partial charge >= 0.3 is 0 Å². The molecule has 3 nitrogen and oxygen atoms in total. The molecule has 3 heteroatoms. The molecule has 1 aromatic rings. The monoisotopic (exact) mass is 244 g/mol. The average molecular weight is 244 g/mol. The second kappa shape index (κ2) is 4.30. The predicted molar refractivity (Wildman–Crippen MR) is 72.2 cm³/mol. The number of carbonyl (C=O) groups excluding carboxylic acids is 1. The molecule has 0 spiro atoms. The van der Waals surface area contributed by atoms with E-state index in [0.717, 1.165) is 36.9 Å². The number of hydrogen-bond donors (Lipinski definition) is 2. The van der Waals surface area contributed by atoms with Gasteiger partial charge in [-0.1, -0.05) is 25.0 Å². The van der Waals surface area contributed by atoms with Gasteiger partial charge in [0.15, 0.2) is 0 Å². The Balaban J connectivity index is 1.73. The zero-order valence-electron chi connectivity index (χ0n) is 10.6. The SMILES string of the molecule is Nc1ccc(C2(C(=O)NC3CCCC3)CC2)cc1. The van der Waals surface area contributed by atoms with Crippen LogP contribution in [-0.4, -0.2) is 11.9 Å². The van der Waals surface area contributed by atoms with Gasteiger partial charge in [-0.25, -0.2) is 0 Å². The molecular weight excluding hydrogens is 224 g/mol. The van der Waals surface area contributed by atoms with Crippen LogP contribution in [0.1, 0.15) is 44.1 Å². The van der Waals surface area contributed by atoms with Crippen LogP contribution in [0, 0.1) is 0 Å². The molecule has 0 aliphatic heterocycles. The number of hydrogen-bond acceptors (Lipinski definition) is 2. The van der Waals surface area contributed by atoms with Gasteiger partial charge in [-0.3, -0.25) is 4.79 Å². The minimum atomic E-state index is -0.254. The molecule has 0 radical (unpaired) electrons. The van der Waals surface area contributed by atoms with E-state index in [1.54, 1.807) is 0 Å². The van der Waals surface area contributed by atoms with Gasteiger partial charge in [0.05, 0.1) is 5.41 Å². The third kappa shape index (κ3) is 1.98. The molecule has 0 unspecified atom stereocenters. The van der Waals surface area contributed by atoms with E-state index in [1.165, 1.54) is 12.8 Å². The van der Waals surface area contributed by atoms with Crippen LogP contribution in [0.3, 0.4) is 0 Å². The van der Waals surface area contributed by atoms with Crippen LogP contribution in [0.5, 0.6) is 0 Å². The fraction of sp³-hybridized carbons (Fsp3) is 0.533. The maximum Gasteiger partial charge on any atom is 0.230 e. The van der Waals surface area contributed by atoms with Gasteiger partial charge in [-0.2, -0.15) is 0 Å². The number of nitrogens with one attached hydrogen (secondary N) is 1. The number of rotatable bonds is 3. The normalized spacial score (nSPS) is 21.8. The Kier molecular flexibility index (Phi) is 2.77. The number of nitrogen functional groups attached to an aromatic ring is 1. The Morgan fingerprint density at radius 3 is 2.33 bits per heavy atom. The molecule has 96 valence electrons. The summed E-state index contributed by atoms with van der Waals surface area (Å²) in [5, 5.41) is 3.22. The highest BCUT2D eigenvalue weighted by Crippen LogP contribution is 2.48. The molecule has 2 aliphatic carbocycles. The molecule has 0 atom stereocenters. The van der Waals surface area contributed by atoms with E-state index in [4.69, 9.17) is 5.73 Å². The van der Waals surface area contributed by atoms with E-state index in [0.29, 0.717) is 6.04 Å². The second-order valence-corrected chi connectivity index (χ2v) is 5.66. The van der Waals surface area contributed by atoms with Crippen molar-refractivity contribution in [2.45, 2.75) is 50.0 Å². The van der Waals surface area contributed by atoms with Crippen LogP contribution in [0.4, 0.5) is 5.69 Å². The van der Waals surface area contributed by atoms with Crippen LogP contribution in [0.2, 0.25) is 0 Å². The fourth-order valence-corrected chi connectivity index (χ4v) is 2.97. The Hall–Kier alpha value is -1.51. The van der Waals surface area contributed by atoms with E-state index < -0.39 is 0 Å². The summed E-state index contributed by atoms with van der Waals surface area (Å²) < 4.78 is 0. The Morgan fingerprint density at radius 1 is 1.17 bits per heavy atom. The number of anilines is 1. The lowest BCUT2D eigenvalue weighted by Gasteiger charge is -2.19. The van der Waals surface area contributed by atoms with Crippen molar-refractivity contribution >= 4 is 11.6 Å². The van der Waals surface area contributed by atoms with E-state index in [-0.39, 0.29) is 11.3 Å². The molecule has 3 N–H and O–H groups in total. The highest BCUT2D eigenvalue weighted by atomic mass is 16.2. The van der Waals surface area contributed by atoms with E-state index in [1.807, 2.05) is 24.3 Å². The summed E-state index contributed by atoms with van der Waals surface area (Å²) in [6.07, 6.45) is 6.72. The van der Waals surface area contributed by atoms with Crippen molar-refractivity contribution in [3.63, 3.8) is 0 Å². The maximum absolute atomic E-state index is 12.4. The molecule has 1 aromatic carbocycles. The van der Waals surface area contributed by atoms with E-state index >= 15 is 0 Å². The summed E-state index contributed by atoms with van der Waals surface area (Å²) >= 11 is 0. The van der Waals surface area contributed by atoms with Crippen molar-refractivity contribution in [2.75, 3.05) is 5.73 Å². The van der Waals surface area contributed by atoms with Crippen molar-refractivity contribution in [1.29, 1.82) is 0 Å². The molecule has 0 heterocycles. The lowest BCUT2D eigenvalue weighted by atomic mass is 9.94. The van der Waals surface area contributed by atoms with Crippen LogP contribution in [-0.2, 0) is 10.2 Å². The van der Waals surface area contributed by atoms with Crippen molar-refractivity contribution in [3.8, 4) is 0 Å². The molecule has 0 aromatic heterocycles. The third-order valence-corrected chi connectivity index (χ3v) is 4.34. The fourth-order valence-electron chi connectivity index (χ4n) is 2.97. The first-order chi connectivity index (χ1) is 8.71. The second-order valence-electron chi connectivity index (χ2n) is 5.66. The minimum absolute atomic E-state index is 0.221. The van der Waals surface area contributed by atoms with Crippen molar-refractivity contribution in [3.05, 3.63) is 29.8 Å². The summed E-state index contributed by atoms with van der Waals surface area (Å²) in [7, 11) is 0. The topological polar surface area (TPSA) is 55.1 Å². The van der Waals surface area contributed by atoms with Gasteiger partial charge in [-0.15, -0.1) is 0 Å². The standard InChI is InChI=1S/C15H20N2O/c16-12-7-5-11(6-8-12)15(9-10-15)14(18)17-13-3-1-2-4-13/h5-8,13H,1-4,9-10,16H2,(H,17,18). The van der Waals surface area contributed by atoms with Crippen LogP contribution >= 0.6 is 0 Å². The number of carbonyl (C=O) groups is 1. The lowest BCUT2D eigenvalue weighted by Crippen LogP contribution is -2.40. The summed E-state index contributed by atoms with van der Waals surface area (Å²) in [4.78, 5) is 12.4. The molecule has 2 fully saturated rings. The first-order valence-electron chi connectivity index (χ1n) is 6.88. The maximum atomic E-state index is 12.4. The molecule has 3 rings (SSSR count). The Morgan fingerprint density at radius 2 is 1.78 bits per heavy atom. The van der Waals surface area contributed by atoms with Gasteiger partial charge < -0.3 is 11.1 Å². The molecule has 0 saturated heterocycles. The van der Waals surface area contributed by atoms with Crippen molar-refractivity contribution in [2.24, 2.45) is 0 Å². The molecule has 2 saturated carbocycles. The first-order valence-corrected chi connectivity index (χ1v) is 6.88. The first kappa shape index (κ1) is 11.6. The molecular formula is C15H20N2O. The number of benzene rings is 1. The summed E-state index contributed by atoms with van der Waals surface area (Å²) in [5.74, 6) is 0.221. The average Bonchev–Trinajstić information content (AvgIpc) is 3.03. The highest BCUT2D eigenvalue weighted by Gasteiger charge is 2.51. The van der Waals surface area contributed by atoms with Gasteiger partial charge in [-0.05, 0) is 43.4 Å². The highest BCUT2D eigenvalue weighted by molar-refractivity contribution is 5.91. The minimum Gasteiger partial charge on any atom is -0.399 e. The van der Waals surface area contributed by atoms with Gasteiger partial charge in [0.2, 0.25) is 5.91 Å². The van der Waals surface area contributed by atoms with Crippen LogP contribution in [0.25, 0.3) is 0 Å². The smallest absolute Gasteiger partial charge is 0.230 e. The molecule has 1 amide bonds. The number of amides is 1. The van der Waals surface area contributed by atoms with Crippen molar-refractivity contribution in [1.82, 2.24) is 5.32 Å². The van der Waals surface area contributed by atoms with Gasteiger partial charge in [0.1, 0.15) is 0 Å². The van der Waals surface area contributed by atoms with Crippen LogP contribution < -0.4 is 11.1 Å². The predicted octanol–water partition coefficient (Wildman–Crippen LogP) is 2.36. The quantitative estimate of drug-likeness (QED) is 0.802. The van der Waals surface area contributed by atoms with Gasteiger partial charge in [0.25, 0.3) is 0 Å². The summed E-state index contributed by atoms with van der Waals surface area (Å²) in [6.45, 7) is 0. The number of nitrogens with two attached hydrogens (primary N) is 1. The third-order valence-electron chi connectivity index (χ3n) is 4.34.